The number of carbonyl (C=O) groups excluding carboxylic acids is 3. The largest absolute Gasteiger partial charge is 0.467 e. The number of hydrogen-bond donors (Lipinski definition) is 1. The molecule has 0 saturated carbocycles. The van der Waals surface area contributed by atoms with Crippen LogP contribution in [0.15, 0.2) is 42.5 Å². The van der Waals surface area contributed by atoms with Crippen molar-refractivity contribution < 1.29 is 29.0 Å². The van der Waals surface area contributed by atoms with Crippen LogP contribution in [0, 0.1) is 0 Å². The van der Waals surface area contributed by atoms with Crippen LogP contribution in [0.3, 0.4) is 0 Å². The van der Waals surface area contributed by atoms with E-state index in [2.05, 4.69) is 0 Å². The molecule has 8 heteroatoms. The second-order valence-corrected chi connectivity index (χ2v) is 9.63. The molecule has 2 aliphatic heterocycles. The van der Waals surface area contributed by atoms with Gasteiger partial charge in [-0.2, -0.15) is 0 Å². The van der Waals surface area contributed by atoms with Gasteiger partial charge in [0.15, 0.2) is 0 Å². The Morgan fingerprint density at radius 3 is 2.48 bits per heavy atom. The first-order chi connectivity index (χ1) is 15.5. The smallest absolute Gasteiger partial charge is 0.411 e. The number of esters is 1. The highest BCUT2D eigenvalue weighted by Gasteiger charge is 2.56. The summed E-state index contributed by atoms with van der Waals surface area (Å²) in [6, 6.07) is 6.83. The number of hydrogen-bond acceptors (Lipinski definition) is 6. The van der Waals surface area contributed by atoms with Gasteiger partial charge in [0.25, 0.3) is 0 Å². The third-order valence-corrected chi connectivity index (χ3v) is 6.12. The predicted molar refractivity (Wildman–Crippen MR) is 122 cm³/mol. The first kappa shape index (κ1) is 24.8. The molecule has 0 bridgehead atoms. The number of benzene rings is 1. The number of carbonyl (C=O) groups is 3. The number of likely N-dealkylation sites (tertiary alicyclic amines) is 1. The number of ether oxygens (including phenoxy) is 2. The van der Waals surface area contributed by atoms with E-state index in [4.69, 9.17) is 9.47 Å². The van der Waals surface area contributed by atoms with Crippen molar-refractivity contribution in [2.24, 2.45) is 0 Å². The molecule has 0 spiro atoms. The van der Waals surface area contributed by atoms with Gasteiger partial charge in [-0.1, -0.05) is 49.4 Å². The minimum absolute atomic E-state index is 0.165. The van der Waals surface area contributed by atoms with Crippen LogP contribution < -0.4 is 0 Å². The standard InChI is InChI=1S/C25H34N2O6/c1-6-18-12-13-25(31)14-15-26(23(30)33-24(2,3)4)20(25)21(28)27(18)19(22(29)32-5)16-17-10-8-7-9-11-17/h7-13,18-20,31H,6,14-16H2,1-5H3/t18?,19?,20-,25-/m0/s1. The van der Waals surface area contributed by atoms with Gasteiger partial charge in [0.2, 0.25) is 5.91 Å². The van der Waals surface area contributed by atoms with Crippen molar-refractivity contribution in [3.05, 3.63) is 48.0 Å². The molecule has 1 N–H and O–H groups in total. The van der Waals surface area contributed by atoms with E-state index in [1.54, 1.807) is 32.9 Å². The molecule has 2 heterocycles. The molecule has 8 nitrogen and oxygen atoms in total. The summed E-state index contributed by atoms with van der Waals surface area (Å²) in [6.07, 6.45) is 3.67. The van der Waals surface area contributed by atoms with Crippen LogP contribution in [-0.4, -0.2) is 75.9 Å². The van der Waals surface area contributed by atoms with E-state index in [-0.39, 0.29) is 19.4 Å². The van der Waals surface area contributed by atoms with Gasteiger partial charge in [0.05, 0.1) is 13.2 Å². The summed E-state index contributed by atoms with van der Waals surface area (Å²) >= 11 is 0. The topological polar surface area (TPSA) is 96.4 Å². The minimum Gasteiger partial charge on any atom is -0.467 e. The SMILES string of the molecule is CCC1C=C[C@]2(O)CCN(C(=O)OC(C)(C)C)[C@H]2C(=O)N1C(Cc1ccccc1)C(=O)OC. The van der Waals surface area contributed by atoms with E-state index in [0.29, 0.717) is 6.42 Å². The Morgan fingerprint density at radius 2 is 1.91 bits per heavy atom. The molecular formula is C25H34N2O6. The molecule has 1 aromatic rings. The fraction of sp³-hybridized carbons (Fsp3) is 0.560. The lowest BCUT2D eigenvalue weighted by atomic mass is 9.93. The summed E-state index contributed by atoms with van der Waals surface area (Å²) < 4.78 is 10.6. The Kier molecular flexibility index (Phi) is 7.17. The van der Waals surface area contributed by atoms with E-state index in [9.17, 15) is 19.5 Å². The summed E-state index contributed by atoms with van der Waals surface area (Å²) in [5, 5.41) is 11.4. The Bertz CT molecular complexity index is 909. The maximum absolute atomic E-state index is 14.0. The number of methoxy groups -OCH3 is 1. The summed E-state index contributed by atoms with van der Waals surface area (Å²) in [4.78, 5) is 42.6. The summed E-state index contributed by atoms with van der Waals surface area (Å²) in [5.41, 5.74) is -1.42. The highest BCUT2D eigenvalue weighted by Crippen LogP contribution is 2.37. The van der Waals surface area contributed by atoms with Crippen LogP contribution in [-0.2, 0) is 25.5 Å². The van der Waals surface area contributed by atoms with Crippen molar-refractivity contribution in [1.29, 1.82) is 0 Å². The fourth-order valence-corrected chi connectivity index (χ4v) is 4.54. The van der Waals surface area contributed by atoms with E-state index >= 15 is 0 Å². The van der Waals surface area contributed by atoms with Gasteiger partial charge in [-0.15, -0.1) is 0 Å². The molecule has 1 saturated heterocycles. The van der Waals surface area contributed by atoms with Gasteiger partial charge in [0, 0.05) is 19.4 Å². The van der Waals surface area contributed by atoms with Crippen molar-refractivity contribution in [2.45, 2.75) is 76.3 Å². The van der Waals surface area contributed by atoms with Crippen molar-refractivity contribution in [3.8, 4) is 0 Å². The zero-order valence-corrected chi connectivity index (χ0v) is 20.0. The summed E-state index contributed by atoms with van der Waals surface area (Å²) in [5.74, 6) is -1.05. The third kappa shape index (κ3) is 5.21. The van der Waals surface area contributed by atoms with Gasteiger partial charge >= 0.3 is 12.1 Å². The van der Waals surface area contributed by atoms with Gasteiger partial charge < -0.3 is 19.5 Å². The zero-order chi connectivity index (χ0) is 24.4. The number of aliphatic hydroxyl groups is 1. The lowest BCUT2D eigenvalue weighted by Gasteiger charge is -2.39. The Hall–Kier alpha value is -2.87. The van der Waals surface area contributed by atoms with Gasteiger partial charge in [-0.25, -0.2) is 9.59 Å². The number of nitrogens with zero attached hydrogens (tertiary/aromatic N) is 2. The molecule has 0 aromatic heterocycles. The average molecular weight is 459 g/mol. The van der Waals surface area contributed by atoms with Crippen LogP contribution in [0.25, 0.3) is 0 Å². The summed E-state index contributed by atoms with van der Waals surface area (Å²) in [6.45, 7) is 7.30. The van der Waals surface area contributed by atoms with Crippen molar-refractivity contribution in [1.82, 2.24) is 9.80 Å². The lowest BCUT2D eigenvalue weighted by Crippen LogP contribution is -2.60. The molecule has 1 aromatic carbocycles. The first-order valence-electron chi connectivity index (χ1n) is 11.4. The Morgan fingerprint density at radius 1 is 1.24 bits per heavy atom. The molecule has 4 atom stereocenters. The molecule has 0 radical (unpaired) electrons. The highest BCUT2D eigenvalue weighted by atomic mass is 16.6. The molecule has 33 heavy (non-hydrogen) atoms. The molecular weight excluding hydrogens is 424 g/mol. The fourth-order valence-electron chi connectivity index (χ4n) is 4.54. The maximum Gasteiger partial charge on any atom is 0.411 e. The molecule has 3 rings (SSSR count). The summed E-state index contributed by atoms with van der Waals surface area (Å²) in [7, 11) is 1.29. The van der Waals surface area contributed by atoms with Gasteiger partial charge in [-0.3, -0.25) is 9.69 Å². The van der Waals surface area contributed by atoms with Crippen LogP contribution in [0.1, 0.15) is 46.1 Å². The van der Waals surface area contributed by atoms with Crippen LogP contribution in [0.4, 0.5) is 4.79 Å². The van der Waals surface area contributed by atoms with E-state index < -0.39 is 47.3 Å². The maximum atomic E-state index is 14.0. The van der Waals surface area contributed by atoms with E-state index in [1.165, 1.54) is 16.9 Å². The number of amides is 2. The van der Waals surface area contributed by atoms with E-state index in [0.717, 1.165) is 5.56 Å². The zero-order valence-electron chi connectivity index (χ0n) is 20.0. The minimum atomic E-state index is -1.54. The molecule has 1 fully saturated rings. The monoisotopic (exact) mass is 458 g/mol. The molecule has 2 aliphatic rings. The lowest BCUT2D eigenvalue weighted by molar-refractivity contribution is -0.157. The number of rotatable bonds is 5. The predicted octanol–water partition coefficient (Wildman–Crippen LogP) is 2.69. The van der Waals surface area contributed by atoms with Crippen LogP contribution >= 0.6 is 0 Å². The van der Waals surface area contributed by atoms with Crippen LogP contribution in [0.5, 0.6) is 0 Å². The van der Waals surface area contributed by atoms with Gasteiger partial charge in [0.1, 0.15) is 23.3 Å². The first-order valence-corrected chi connectivity index (χ1v) is 11.4. The van der Waals surface area contributed by atoms with Crippen molar-refractivity contribution in [2.75, 3.05) is 13.7 Å². The van der Waals surface area contributed by atoms with E-state index in [1.807, 2.05) is 37.3 Å². The molecule has 2 unspecified atom stereocenters. The average Bonchev–Trinajstić information content (AvgIpc) is 3.06. The Balaban J connectivity index is 2.02. The third-order valence-electron chi connectivity index (χ3n) is 6.12. The second-order valence-electron chi connectivity index (χ2n) is 9.63. The normalized spacial score (nSPS) is 25.9. The molecule has 180 valence electrons. The quantitative estimate of drug-likeness (QED) is 0.538. The number of fused-ring (bicyclic) bond motifs is 1. The Labute approximate surface area is 195 Å². The van der Waals surface area contributed by atoms with Crippen LogP contribution in [0.2, 0.25) is 0 Å². The van der Waals surface area contributed by atoms with Crippen molar-refractivity contribution >= 4 is 18.0 Å². The van der Waals surface area contributed by atoms with Gasteiger partial charge in [-0.05, 0) is 32.8 Å². The second kappa shape index (κ2) is 9.55. The molecule has 0 aliphatic carbocycles. The van der Waals surface area contributed by atoms with Crippen molar-refractivity contribution in [3.63, 3.8) is 0 Å². The highest BCUT2D eigenvalue weighted by molar-refractivity contribution is 5.92. The molecule has 2 amide bonds.